The van der Waals surface area contributed by atoms with Gasteiger partial charge in [-0.15, -0.1) is 0 Å². The predicted molar refractivity (Wildman–Crippen MR) is 63.9 cm³/mol. The highest BCUT2D eigenvalue weighted by Crippen LogP contribution is 2.36. The Morgan fingerprint density at radius 2 is 2.14 bits per heavy atom. The topological polar surface area (TPSA) is 12.4 Å². The van der Waals surface area contributed by atoms with E-state index in [0.717, 1.165) is 17.8 Å². The molecule has 0 N–H and O–H groups in total. The van der Waals surface area contributed by atoms with E-state index in [-0.39, 0.29) is 0 Å². The number of rotatable bonds is 4. The molecule has 0 heterocycles. The van der Waals surface area contributed by atoms with Crippen molar-refractivity contribution in [3.63, 3.8) is 0 Å². The standard InChI is InChI=1S/C13H25N/c1-5-13(11(3)14-4)12-8-6-7-10(2)9-12/h10-13H,4-9H2,1-3H3. The van der Waals surface area contributed by atoms with Crippen LogP contribution >= 0.6 is 0 Å². The molecule has 1 nitrogen and oxygen atoms in total. The molecule has 4 atom stereocenters. The van der Waals surface area contributed by atoms with E-state index in [2.05, 4.69) is 32.5 Å². The van der Waals surface area contributed by atoms with Crippen molar-refractivity contribution >= 4 is 6.72 Å². The van der Waals surface area contributed by atoms with E-state index in [1.807, 2.05) is 0 Å². The van der Waals surface area contributed by atoms with Crippen molar-refractivity contribution in [1.29, 1.82) is 0 Å². The van der Waals surface area contributed by atoms with E-state index in [4.69, 9.17) is 0 Å². The van der Waals surface area contributed by atoms with Crippen LogP contribution in [0.1, 0.15) is 52.9 Å². The van der Waals surface area contributed by atoms with Crippen LogP contribution < -0.4 is 0 Å². The molecule has 0 saturated heterocycles. The lowest BCUT2D eigenvalue weighted by Crippen LogP contribution is -2.28. The fourth-order valence-electron chi connectivity index (χ4n) is 3.07. The van der Waals surface area contributed by atoms with Gasteiger partial charge in [0, 0.05) is 6.04 Å². The van der Waals surface area contributed by atoms with Crippen molar-refractivity contribution in [2.24, 2.45) is 22.7 Å². The predicted octanol–water partition coefficient (Wildman–Crippen LogP) is 3.93. The van der Waals surface area contributed by atoms with Crippen molar-refractivity contribution in [1.82, 2.24) is 0 Å². The van der Waals surface area contributed by atoms with Crippen LogP contribution in [-0.2, 0) is 0 Å². The van der Waals surface area contributed by atoms with Crippen LogP contribution in [-0.4, -0.2) is 12.8 Å². The Labute approximate surface area is 89.0 Å². The zero-order chi connectivity index (χ0) is 10.6. The molecule has 0 amide bonds. The van der Waals surface area contributed by atoms with Crippen LogP contribution in [0.2, 0.25) is 0 Å². The molecular weight excluding hydrogens is 170 g/mol. The third-order valence-corrected chi connectivity index (χ3v) is 3.96. The first-order valence-corrected chi connectivity index (χ1v) is 6.14. The normalized spacial score (nSPS) is 32.2. The van der Waals surface area contributed by atoms with E-state index < -0.39 is 0 Å². The molecule has 1 saturated carbocycles. The van der Waals surface area contributed by atoms with Gasteiger partial charge in [-0.2, -0.15) is 0 Å². The fraction of sp³-hybridized carbons (Fsp3) is 0.923. The highest BCUT2D eigenvalue weighted by molar-refractivity contribution is 5.24. The Bertz CT molecular complexity index is 176. The van der Waals surface area contributed by atoms with Crippen molar-refractivity contribution in [2.75, 3.05) is 0 Å². The molecular formula is C13H25N. The van der Waals surface area contributed by atoms with Gasteiger partial charge in [0.15, 0.2) is 0 Å². The largest absolute Gasteiger partial charge is 0.298 e. The summed E-state index contributed by atoms with van der Waals surface area (Å²) in [6.45, 7) is 10.6. The minimum absolute atomic E-state index is 0.454. The molecule has 1 aliphatic rings. The number of hydrogen-bond acceptors (Lipinski definition) is 1. The number of nitrogens with zero attached hydrogens (tertiary/aromatic N) is 1. The first-order valence-electron chi connectivity index (χ1n) is 6.14. The Morgan fingerprint density at radius 1 is 1.43 bits per heavy atom. The molecule has 4 unspecified atom stereocenters. The summed E-state index contributed by atoms with van der Waals surface area (Å²) in [5.74, 6) is 2.61. The Hall–Kier alpha value is -0.330. The highest BCUT2D eigenvalue weighted by Gasteiger charge is 2.28. The monoisotopic (exact) mass is 195 g/mol. The van der Waals surface area contributed by atoms with E-state index >= 15 is 0 Å². The zero-order valence-electron chi connectivity index (χ0n) is 10.00. The van der Waals surface area contributed by atoms with Gasteiger partial charge in [-0.25, -0.2) is 0 Å². The van der Waals surface area contributed by atoms with Crippen LogP contribution in [0.3, 0.4) is 0 Å². The summed E-state index contributed by atoms with van der Waals surface area (Å²) < 4.78 is 0. The maximum Gasteiger partial charge on any atom is 0.0494 e. The second-order valence-corrected chi connectivity index (χ2v) is 5.03. The quantitative estimate of drug-likeness (QED) is 0.603. The smallest absolute Gasteiger partial charge is 0.0494 e. The summed E-state index contributed by atoms with van der Waals surface area (Å²) in [6.07, 6.45) is 6.95. The maximum atomic E-state index is 4.21. The highest BCUT2D eigenvalue weighted by atomic mass is 14.7. The molecule has 0 spiro atoms. The van der Waals surface area contributed by atoms with Crippen molar-refractivity contribution in [2.45, 2.75) is 58.9 Å². The minimum Gasteiger partial charge on any atom is -0.298 e. The summed E-state index contributed by atoms with van der Waals surface area (Å²) in [5.41, 5.74) is 0. The van der Waals surface area contributed by atoms with Crippen LogP contribution in [0.4, 0.5) is 0 Å². The van der Waals surface area contributed by atoms with E-state index in [9.17, 15) is 0 Å². The van der Waals surface area contributed by atoms with Gasteiger partial charge in [0.25, 0.3) is 0 Å². The van der Waals surface area contributed by atoms with Gasteiger partial charge in [0.1, 0.15) is 0 Å². The summed E-state index contributed by atoms with van der Waals surface area (Å²) in [4.78, 5) is 4.21. The third kappa shape index (κ3) is 2.83. The number of aliphatic imine (C=N–C) groups is 1. The molecule has 1 fully saturated rings. The average Bonchev–Trinajstić information content (AvgIpc) is 2.19. The van der Waals surface area contributed by atoms with Crippen molar-refractivity contribution in [3.8, 4) is 0 Å². The van der Waals surface area contributed by atoms with Crippen molar-refractivity contribution in [3.05, 3.63) is 0 Å². The summed E-state index contributed by atoms with van der Waals surface area (Å²) >= 11 is 0. The first-order chi connectivity index (χ1) is 6.69. The Kier molecular flexibility index (Phi) is 4.64. The molecule has 0 bridgehead atoms. The number of hydrogen-bond donors (Lipinski definition) is 0. The van der Waals surface area contributed by atoms with Crippen LogP contribution in [0.5, 0.6) is 0 Å². The summed E-state index contributed by atoms with van der Waals surface area (Å²) in [6, 6.07) is 0.454. The van der Waals surface area contributed by atoms with Gasteiger partial charge in [0.2, 0.25) is 0 Å². The molecule has 0 aliphatic heterocycles. The molecule has 1 rings (SSSR count). The van der Waals surface area contributed by atoms with Crippen molar-refractivity contribution < 1.29 is 0 Å². The maximum absolute atomic E-state index is 4.21. The van der Waals surface area contributed by atoms with Gasteiger partial charge >= 0.3 is 0 Å². The first kappa shape index (κ1) is 11.7. The SMILES string of the molecule is C=NC(C)C(CC)C1CCCC(C)C1. The minimum atomic E-state index is 0.454. The van der Waals surface area contributed by atoms with Gasteiger partial charge in [-0.1, -0.05) is 39.5 Å². The molecule has 0 radical (unpaired) electrons. The van der Waals surface area contributed by atoms with E-state index in [1.54, 1.807) is 0 Å². The average molecular weight is 195 g/mol. The van der Waals surface area contributed by atoms with Crippen LogP contribution in [0, 0.1) is 17.8 Å². The molecule has 0 aromatic carbocycles. The molecule has 0 aromatic heterocycles. The lowest BCUT2D eigenvalue weighted by atomic mass is 9.72. The second-order valence-electron chi connectivity index (χ2n) is 5.03. The lowest BCUT2D eigenvalue weighted by Gasteiger charge is -2.34. The Morgan fingerprint density at radius 3 is 2.64 bits per heavy atom. The molecule has 1 heteroatoms. The summed E-state index contributed by atoms with van der Waals surface area (Å²) in [5, 5.41) is 0. The van der Waals surface area contributed by atoms with E-state index in [0.29, 0.717) is 6.04 Å². The van der Waals surface area contributed by atoms with Gasteiger partial charge in [-0.05, 0) is 37.8 Å². The second kappa shape index (κ2) is 5.53. The van der Waals surface area contributed by atoms with Gasteiger partial charge in [-0.3, -0.25) is 4.99 Å². The lowest BCUT2D eigenvalue weighted by molar-refractivity contribution is 0.181. The molecule has 0 aromatic rings. The molecule has 14 heavy (non-hydrogen) atoms. The molecule has 1 aliphatic carbocycles. The van der Waals surface area contributed by atoms with E-state index in [1.165, 1.54) is 32.1 Å². The van der Waals surface area contributed by atoms with Crippen LogP contribution in [0.25, 0.3) is 0 Å². The van der Waals surface area contributed by atoms with Crippen LogP contribution in [0.15, 0.2) is 4.99 Å². The third-order valence-electron chi connectivity index (χ3n) is 3.96. The zero-order valence-corrected chi connectivity index (χ0v) is 10.00. The Balaban J connectivity index is 2.54. The summed E-state index contributed by atoms with van der Waals surface area (Å²) in [7, 11) is 0. The van der Waals surface area contributed by atoms with Gasteiger partial charge < -0.3 is 0 Å². The fourth-order valence-corrected chi connectivity index (χ4v) is 3.07. The van der Waals surface area contributed by atoms with Gasteiger partial charge in [0.05, 0.1) is 0 Å². The molecule has 82 valence electrons.